The predicted molar refractivity (Wildman–Crippen MR) is 65.3 cm³/mol. The summed E-state index contributed by atoms with van der Waals surface area (Å²) in [6.07, 6.45) is 0.996. The lowest BCUT2D eigenvalue weighted by atomic mass is 10.1. The second-order valence-corrected chi connectivity index (χ2v) is 4.17. The Kier molecular flexibility index (Phi) is 3.00. The van der Waals surface area contributed by atoms with Gasteiger partial charge in [-0.2, -0.15) is 12.6 Å². The fourth-order valence-corrected chi connectivity index (χ4v) is 2.00. The van der Waals surface area contributed by atoms with Gasteiger partial charge in [0.2, 0.25) is 0 Å². The van der Waals surface area contributed by atoms with Gasteiger partial charge in [-0.3, -0.25) is 0 Å². The second kappa shape index (κ2) is 4.27. The number of hydrogen-bond donors (Lipinski definition) is 1. The van der Waals surface area contributed by atoms with Gasteiger partial charge in [-0.25, -0.2) is 4.39 Å². The van der Waals surface area contributed by atoms with E-state index in [0.29, 0.717) is 5.75 Å². The Morgan fingerprint density at radius 2 is 2.33 bits per heavy atom. The Hall–Kier alpha value is -0.960. The third kappa shape index (κ3) is 2.17. The largest absolute Gasteiger partial charge is 0.367 e. The molecule has 0 fully saturated rings. The van der Waals surface area contributed by atoms with Crippen molar-refractivity contribution in [2.75, 3.05) is 23.7 Å². The first-order valence-electron chi connectivity index (χ1n) is 5.01. The minimum Gasteiger partial charge on any atom is -0.367 e. The van der Waals surface area contributed by atoms with Crippen LogP contribution in [0.15, 0.2) is 30.4 Å². The Labute approximate surface area is 95.0 Å². The molecule has 2 rings (SSSR count). The van der Waals surface area contributed by atoms with Crippen molar-refractivity contribution in [1.82, 2.24) is 0 Å². The maximum atomic E-state index is 13.1. The van der Waals surface area contributed by atoms with Gasteiger partial charge in [-0.15, -0.1) is 0 Å². The van der Waals surface area contributed by atoms with Gasteiger partial charge in [0.15, 0.2) is 0 Å². The van der Waals surface area contributed by atoms with Crippen LogP contribution in [0.25, 0.3) is 0 Å². The Morgan fingerprint density at radius 3 is 3.07 bits per heavy atom. The molecule has 1 heterocycles. The summed E-state index contributed by atoms with van der Waals surface area (Å²) in [6, 6.07) is 5.00. The summed E-state index contributed by atoms with van der Waals surface area (Å²) < 4.78 is 13.1. The number of nitrogens with zero attached hydrogens (tertiary/aromatic N) is 1. The zero-order valence-electron chi connectivity index (χ0n) is 8.54. The molecule has 0 bridgehead atoms. The molecule has 1 aromatic rings. The van der Waals surface area contributed by atoms with Gasteiger partial charge in [0, 0.05) is 24.5 Å². The fourth-order valence-electron chi connectivity index (χ4n) is 1.90. The van der Waals surface area contributed by atoms with Crippen molar-refractivity contribution in [3.05, 3.63) is 41.7 Å². The molecule has 0 N–H and O–H groups in total. The van der Waals surface area contributed by atoms with E-state index in [0.717, 1.165) is 30.8 Å². The fraction of sp³-hybridized carbons (Fsp3) is 0.333. The van der Waals surface area contributed by atoms with Crippen LogP contribution < -0.4 is 4.90 Å². The van der Waals surface area contributed by atoms with E-state index in [2.05, 4.69) is 24.1 Å². The SMILES string of the molecule is C=C(CS)CN1CCc2ccc(F)cc21. The standard InChI is InChI=1S/C12H14FNS/c1-9(8-15)7-14-5-4-10-2-3-11(13)6-12(10)14/h2-3,6,15H,1,4-5,7-8H2. The minimum absolute atomic E-state index is 0.169. The lowest BCUT2D eigenvalue weighted by molar-refractivity contribution is 0.627. The molecule has 0 unspecified atom stereocenters. The summed E-state index contributed by atoms with van der Waals surface area (Å²) in [5.74, 6) is 0.512. The minimum atomic E-state index is -0.169. The Balaban J connectivity index is 2.20. The highest BCUT2D eigenvalue weighted by Crippen LogP contribution is 2.28. The summed E-state index contributed by atoms with van der Waals surface area (Å²) >= 11 is 4.18. The molecule has 0 spiro atoms. The van der Waals surface area contributed by atoms with E-state index >= 15 is 0 Å². The molecule has 0 aromatic heterocycles. The van der Waals surface area contributed by atoms with Crippen LogP contribution in [-0.4, -0.2) is 18.8 Å². The maximum Gasteiger partial charge on any atom is 0.125 e. The van der Waals surface area contributed by atoms with E-state index in [1.54, 1.807) is 6.07 Å². The van der Waals surface area contributed by atoms with E-state index in [9.17, 15) is 4.39 Å². The molecular weight excluding hydrogens is 209 g/mol. The van der Waals surface area contributed by atoms with Crippen molar-refractivity contribution in [2.24, 2.45) is 0 Å². The van der Waals surface area contributed by atoms with Gasteiger partial charge in [-0.05, 0) is 29.7 Å². The molecule has 0 saturated carbocycles. The van der Waals surface area contributed by atoms with Gasteiger partial charge in [-0.1, -0.05) is 12.6 Å². The van der Waals surface area contributed by atoms with Crippen LogP contribution in [0.2, 0.25) is 0 Å². The summed E-state index contributed by atoms with van der Waals surface area (Å²) in [5.41, 5.74) is 3.30. The summed E-state index contributed by atoms with van der Waals surface area (Å²) in [7, 11) is 0. The smallest absolute Gasteiger partial charge is 0.125 e. The van der Waals surface area contributed by atoms with Crippen LogP contribution in [0.5, 0.6) is 0 Å². The molecule has 1 aromatic carbocycles. The highest BCUT2D eigenvalue weighted by atomic mass is 32.1. The number of thiol groups is 1. The van der Waals surface area contributed by atoms with Crippen molar-refractivity contribution >= 4 is 18.3 Å². The van der Waals surface area contributed by atoms with Crippen LogP contribution in [0.1, 0.15) is 5.56 Å². The molecule has 15 heavy (non-hydrogen) atoms. The average molecular weight is 223 g/mol. The van der Waals surface area contributed by atoms with Crippen LogP contribution in [0, 0.1) is 5.82 Å². The first-order valence-corrected chi connectivity index (χ1v) is 5.65. The van der Waals surface area contributed by atoms with E-state index in [-0.39, 0.29) is 5.82 Å². The normalized spacial score (nSPS) is 14.1. The summed E-state index contributed by atoms with van der Waals surface area (Å²) in [5, 5.41) is 0. The number of halogens is 1. The Bertz CT molecular complexity index is 389. The van der Waals surface area contributed by atoms with Gasteiger partial charge < -0.3 is 4.90 Å². The highest BCUT2D eigenvalue weighted by Gasteiger charge is 2.19. The molecule has 1 nitrogen and oxygen atoms in total. The van der Waals surface area contributed by atoms with Crippen molar-refractivity contribution in [3.8, 4) is 0 Å². The van der Waals surface area contributed by atoms with Gasteiger partial charge in [0.25, 0.3) is 0 Å². The number of anilines is 1. The van der Waals surface area contributed by atoms with Crippen molar-refractivity contribution < 1.29 is 4.39 Å². The second-order valence-electron chi connectivity index (χ2n) is 3.85. The molecule has 1 aliphatic heterocycles. The van der Waals surface area contributed by atoms with Crippen LogP contribution in [-0.2, 0) is 6.42 Å². The summed E-state index contributed by atoms with van der Waals surface area (Å²) in [4.78, 5) is 2.16. The maximum absolute atomic E-state index is 13.1. The number of rotatable bonds is 3. The first kappa shape index (κ1) is 10.6. The Morgan fingerprint density at radius 1 is 1.53 bits per heavy atom. The highest BCUT2D eigenvalue weighted by molar-refractivity contribution is 7.80. The van der Waals surface area contributed by atoms with Crippen LogP contribution >= 0.6 is 12.6 Å². The van der Waals surface area contributed by atoms with Gasteiger partial charge in [0.05, 0.1) is 0 Å². The van der Waals surface area contributed by atoms with E-state index in [1.165, 1.54) is 11.6 Å². The average Bonchev–Trinajstić information content (AvgIpc) is 2.61. The lowest BCUT2D eigenvalue weighted by Crippen LogP contribution is -2.23. The van der Waals surface area contributed by atoms with E-state index in [1.807, 2.05) is 6.07 Å². The molecule has 3 heteroatoms. The molecule has 80 valence electrons. The monoisotopic (exact) mass is 223 g/mol. The molecule has 0 amide bonds. The number of fused-ring (bicyclic) bond motifs is 1. The third-order valence-corrected chi connectivity index (χ3v) is 3.12. The van der Waals surface area contributed by atoms with Crippen molar-refractivity contribution in [2.45, 2.75) is 6.42 Å². The first-order chi connectivity index (χ1) is 7.20. The van der Waals surface area contributed by atoms with Gasteiger partial charge >= 0.3 is 0 Å². The third-order valence-electron chi connectivity index (χ3n) is 2.68. The lowest BCUT2D eigenvalue weighted by Gasteiger charge is -2.20. The van der Waals surface area contributed by atoms with Gasteiger partial charge in [0.1, 0.15) is 5.82 Å². The quantitative estimate of drug-likeness (QED) is 0.609. The number of hydrogen-bond acceptors (Lipinski definition) is 2. The summed E-state index contributed by atoms with van der Waals surface area (Å²) in [6.45, 7) is 5.65. The predicted octanol–water partition coefficient (Wildman–Crippen LogP) is 2.67. The molecule has 1 aliphatic rings. The van der Waals surface area contributed by atoms with Crippen molar-refractivity contribution in [1.29, 1.82) is 0 Å². The molecule has 0 aliphatic carbocycles. The number of benzene rings is 1. The van der Waals surface area contributed by atoms with Crippen molar-refractivity contribution in [3.63, 3.8) is 0 Å². The molecule has 0 radical (unpaired) electrons. The molecule has 0 saturated heterocycles. The molecular formula is C12H14FNS. The van der Waals surface area contributed by atoms with E-state index in [4.69, 9.17) is 0 Å². The topological polar surface area (TPSA) is 3.24 Å². The zero-order chi connectivity index (χ0) is 10.8. The van der Waals surface area contributed by atoms with E-state index < -0.39 is 0 Å². The zero-order valence-corrected chi connectivity index (χ0v) is 9.43. The molecule has 0 atom stereocenters. The van der Waals surface area contributed by atoms with Crippen LogP contribution in [0.3, 0.4) is 0 Å². The van der Waals surface area contributed by atoms with Crippen LogP contribution in [0.4, 0.5) is 10.1 Å².